The highest BCUT2D eigenvalue weighted by Crippen LogP contribution is 2.37. The lowest BCUT2D eigenvalue weighted by Gasteiger charge is -2.27. The van der Waals surface area contributed by atoms with Crippen molar-refractivity contribution in [2.75, 3.05) is 18.0 Å². The van der Waals surface area contributed by atoms with E-state index in [9.17, 15) is 0 Å². The number of aromatic nitrogens is 3. The minimum atomic E-state index is 0.347. The maximum Gasteiger partial charge on any atom is 0.160 e. The van der Waals surface area contributed by atoms with Crippen LogP contribution in [0.2, 0.25) is 0 Å². The first-order valence-corrected chi connectivity index (χ1v) is 15.4. The van der Waals surface area contributed by atoms with Crippen LogP contribution in [0.25, 0.3) is 44.5 Å². The van der Waals surface area contributed by atoms with Crippen LogP contribution in [0, 0.1) is 0 Å². The average Bonchev–Trinajstić information content (AvgIpc) is 3.49. The Morgan fingerprint density at radius 2 is 1.20 bits per heavy atom. The van der Waals surface area contributed by atoms with Crippen molar-refractivity contribution >= 4 is 39.0 Å². The Bertz CT molecular complexity index is 2000. The summed E-state index contributed by atoms with van der Waals surface area (Å²) >= 11 is 0. The van der Waals surface area contributed by atoms with E-state index in [0.717, 1.165) is 76.7 Å². The van der Waals surface area contributed by atoms with Gasteiger partial charge >= 0.3 is 0 Å². The molecular formula is C39H33N5. The van der Waals surface area contributed by atoms with Crippen molar-refractivity contribution in [1.29, 1.82) is 0 Å². The molecule has 214 valence electrons. The highest BCUT2D eigenvalue weighted by atomic mass is 15.2. The van der Waals surface area contributed by atoms with Crippen molar-refractivity contribution in [2.24, 2.45) is 0 Å². The Kier molecular flexibility index (Phi) is 6.86. The van der Waals surface area contributed by atoms with Gasteiger partial charge in [-0.3, -0.25) is 0 Å². The number of para-hydroxylation sites is 2. The largest absolute Gasteiger partial charge is 0.317 e. The van der Waals surface area contributed by atoms with Crippen molar-refractivity contribution < 1.29 is 0 Å². The Hall–Kier alpha value is -5.26. The molecule has 0 aliphatic carbocycles. The number of fused-ring (bicyclic) bond motifs is 2. The van der Waals surface area contributed by atoms with E-state index in [1.807, 2.05) is 6.20 Å². The number of nitrogens with one attached hydrogen (secondary N) is 1. The molecule has 3 heterocycles. The van der Waals surface area contributed by atoms with E-state index < -0.39 is 0 Å². The predicted molar refractivity (Wildman–Crippen MR) is 182 cm³/mol. The molecule has 0 bridgehead atoms. The zero-order chi connectivity index (χ0) is 29.3. The lowest BCUT2D eigenvalue weighted by Crippen LogP contribution is -2.29. The third-order valence-electron chi connectivity index (χ3n) is 8.70. The van der Waals surface area contributed by atoms with Crippen LogP contribution in [-0.2, 0) is 0 Å². The van der Waals surface area contributed by atoms with Gasteiger partial charge in [0.15, 0.2) is 5.65 Å². The predicted octanol–water partition coefficient (Wildman–Crippen LogP) is 9.31. The highest BCUT2D eigenvalue weighted by Gasteiger charge is 2.24. The molecule has 2 aromatic heterocycles. The molecule has 0 radical (unpaired) electrons. The quantitative estimate of drug-likeness (QED) is 0.216. The molecule has 8 rings (SSSR count). The summed E-state index contributed by atoms with van der Waals surface area (Å²) in [6.07, 6.45) is 4.12. The third kappa shape index (κ3) is 4.91. The van der Waals surface area contributed by atoms with Gasteiger partial charge in [-0.1, -0.05) is 72.8 Å². The second-order valence-electron chi connectivity index (χ2n) is 11.5. The Morgan fingerprint density at radius 3 is 1.91 bits per heavy atom. The van der Waals surface area contributed by atoms with Crippen LogP contribution in [0.3, 0.4) is 0 Å². The first-order chi connectivity index (χ1) is 21.8. The molecule has 5 nitrogen and oxygen atoms in total. The second-order valence-corrected chi connectivity index (χ2v) is 11.5. The molecule has 0 atom stereocenters. The number of hydrogen-bond acceptors (Lipinski definition) is 4. The molecule has 5 heteroatoms. The van der Waals surface area contributed by atoms with Crippen LogP contribution in [-0.4, -0.2) is 27.6 Å². The fourth-order valence-corrected chi connectivity index (χ4v) is 6.48. The van der Waals surface area contributed by atoms with Gasteiger partial charge < -0.3 is 14.8 Å². The number of piperidine rings is 1. The number of nitrogens with zero attached hydrogens (tertiary/aromatic N) is 4. The van der Waals surface area contributed by atoms with Crippen molar-refractivity contribution in [3.8, 4) is 22.5 Å². The zero-order valence-corrected chi connectivity index (χ0v) is 24.5. The summed E-state index contributed by atoms with van der Waals surface area (Å²) in [7, 11) is 0. The molecule has 1 saturated heterocycles. The molecular weight excluding hydrogens is 538 g/mol. The summed E-state index contributed by atoms with van der Waals surface area (Å²) in [5, 5.41) is 5.99. The van der Waals surface area contributed by atoms with Gasteiger partial charge in [0.2, 0.25) is 0 Å². The summed E-state index contributed by atoms with van der Waals surface area (Å²) in [4.78, 5) is 12.6. The van der Waals surface area contributed by atoms with Gasteiger partial charge in [0, 0.05) is 40.4 Å². The fraction of sp³-hybridized carbons (Fsp3) is 0.128. The molecule has 44 heavy (non-hydrogen) atoms. The minimum absolute atomic E-state index is 0.347. The zero-order valence-electron chi connectivity index (χ0n) is 24.5. The van der Waals surface area contributed by atoms with Crippen molar-refractivity contribution in [3.05, 3.63) is 140 Å². The maximum atomic E-state index is 5.26. The van der Waals surface area contributed by atoms with Crippen molar-refractivity contribution in [3.63, 3.8) is 0 Å². The average molecular weight is 572 g/mol. The van der Waals surface area contributed by atoms with E-state index in [1.165, 1.54) is 10.8 Å². The number of hydrogen-bond donors (Lipinski definition) is 1. The second kappa shape index (κ2) is 11.4. The van der Waals surface area contributed by atoms with Crippen LogP contribution in [0.4, 0.5) is 17.1 Å². The summed E-state index contributed by atoms with van der Waals surface area (Å²) in [5.74, 6) is 0.979. The van der Waals surface area contributed by atoms with Gasteiger partial charge in [-0.2, -0.15) is 0 Å². The topological polar surface area (TPSA) is 46.0 Å². The molecule has 5 aromatic carbocycles. The smallest absolute Gasteiger partial charge is 0.160 e. The van der Waals surface area contributed by atoms with Crippen LogP contribution in [0.15, 0.2) is 140 Å². The lowest BCUT2D eigenvalue weighted by atomic mass is 10.0. The third-order valence-corrected chi connectivity index (χ3v) is 8.70. The van der Waals surface area contributed by atoms with Crippen LogP contribution in [0.1, 0.15) is 18.9 Å². The Labute approximate surface area is 257 Å². The van der Waals surface area contributed by atoms with E-state index in [1.54, 1.807) is 0 Å². The monoisotopic (exact) mass is 571 g/mol. The van der Waals surface area contributed by atoms with Gasteiger partial charge in [0.05, 0.1) is 0 Å². The SMILES string of the molecule is c1ccc(N(c2ccccc2)c2ccc(-c3nc4cc(-c5ccc6ccccc6c5)cnc4n3C3CCNCC3)cc2)cc1. The number of benzene rings is 5. The summed E-state index contributed by atoms with van der Waals surface area (Å²) in [5.41, 5.74) is 8.58. The first kappa shape index (κ1) is 26.4. The lowest BCUT2D eigenvalue weighted by molar-refractivity contribution is 0.376. The molecule has 0 spiro atoms. The molecule has 0 saturated carbocycles. The van der Waals surface area contributed by atoms with Crippen molar-refractivity contribution in [2.45, 2.75) is 18.9 Å². The van der Waals surface area contributed by atoms with E-state index in [4.69, 9.17) is 9.97 Å². The van der Waals surface area contributed by atoms with Crippen LogP contribution in [0.5, 0.6) is 0 Å². The van der Waals surface area contributed by atoms with Crippen LogP contribution >= 0.6 is 0 Å². The molecule has 1 aliphatic rings. The number of anilines is 3. The number of pyridine rings is 1. The molecule has 1 aliphatic heterocycles. The number of rotatable bonds is 6. The standard InChI is InChI=1S/C39H33N5/c1-3-11-33(12-4-1)43(34-13-5-2-6-14-34)35-19-17-29(18-20-35)38-42-37-26-32(31-16-15-28-9-7-8-10-30(28)25-31)27-41-39(37)44(38)36-21-23-40-24-22-36/h1-20,25-27,36,40H,21-24H2. The van der Waals surface area contributed by atoms with Gasteiger partial charge in [0.25, 0.3) is 0 Å². The summed E-state index contributed by atoms with van der Waals surface area (Å²) in [6.45, 7) is 2.00. The Balaban J connectivity index is 1.22. The van der Waals surface area contributed by atoms with Gasteiger partial charge in [-0.05, 0) is 103 Å². The van der Waals surface area contributed by atoms with E-state index in [2.05, 4.69) is 148 Å². The first-order valence-electron chi connectivity index (χ1n) is 15.4. The van der Waals surface area contributed by atoms with Gasteiger partial charge in [-0.25, -0.2) is 9.97 Å². The van der Waals surface area contributed by atoms with E-state index >= 15 is 0 Å². The van der Waals surface area contributed by atoms with E-state index in [-0.39, 0.29) is 0 Å². The molecule has 7 aromatic rings. The normalized spacial score (nSPS) is 13.8. The maximum absolute atomic E-state index is 5.26. The summed E-state index contributed by atoms with van der Waals surface area (Å²) < 4.78 is 2.39. The van der Waals surface area contributed by atoms with E-state index in [0.29, 0.717) is 6.04 Å². The van der Waals surface area contributed by atoms with Gasteiger partial charge in [0.1, 0.15) is 11.3 Å². The molecule has 0 unspecified atom stereocenters. The fourth-order valence-electron chi connectivity index (χ4n) is 6.48. The number of imidazole rings is 1. The molecule has 1 N–H and O–H groups in total. The molecule has 0 amide bonds. The molecule has 1 fully saturated rings. The highest BCUT2D eigenvalue weighted by molar-refractivity contribution is 5.89. The van der Waals surface area contributed by atoms with Crippen molar-refractivity contribution in [1.82, 2.24) is 19.9 Å². The van der Waals surface area contributed by atoms with Gasteiger partial charge in [-0.15, -0.1) is 0 Å². The Morgan fingerprint density at radius 1 is 0.591 bits per heavy atom. The minimum Gasteiger partial charge on any atom is -0.317 e. The van der Waals surface area contributed by atoms with Crippen LogP contribution < -0.4 is 10.2 Å². The summed E-state index contributed by atoms with van der Waals surface area (Å²) in [6, 6.07) is 47.5.